The molecule has 0 aliphatic carbocycles. The molecule has 27 heavy (non-hydrogen) atoms. The third-order valence-corrected chi connectivity index (χ3v) is 5.15. The first kappa shape index (κ1) is 19.6. The van der Waals surface area contributed by atoms with Crippen molar-refractivity contribution >= 4 is 75.7 Å². The number of amides is 2. The molecule has 0 aromatic heterocycles. The van der Waals surface area contributed by atoms with E-state index in [9.17, 15) is 9.59 Å². The minimum atomic E-state index is -0.625. The van der Waals surface area contributed by atoms with Gasteiger partial charge in [0.2, 0.25) is 0 Å². The summed E-state index contributed by atoms with van der Waals surface area (Å²) in [5, 5.41) is 3.16. The van der Waals surface area contributed by atoms with Gasteiger partial charge in [-0.1, -0.05) is 46.9 Å². The standard InChI is InChI=1S/C18H11Cl3N2O3S/c1-26-14-6-5-9(8-12(14)20)7-10-16(24)22-18(27)23(17(10)25)13-4-2-3-11(19)15(13)21/h2-8H,1H3,(H,22,24,27)/b10-7-. The highest BCUT2D eigenvalue weighted by molar-refractivity contribution is 7.80. The molecule has 3 rings (SSSR count). The highest BCUT2D eigenvalue weighted by Crippen LogP contribution is 2.34. The first-order valence-corrected chi connectivity index (χ1v) is 9.06. The number of hydrogen-bond acceptors (Lipinski definition) is 4. The number of halogens is 3. The lowest BCUT2D eigenvalue weighted by molar-refractivity contribution is -0.122. The number of rotatable bonds is 3. The summed E-state index contributed by atoms with van der Waals surface area (Å²) in [4.78, 5) is 26.4. The zero-order valence-electron chi connectivity index (χ0n) is 13.8. The first-order valence-electron chi connectivity index (χ1n) is 7.52. The molecule has 1 aliphatic rings. The van der Waals surface area contributed by atoms with E-state index in [-0.39, 0.29) is 26.4 Å². The fourth-order valence-electron chi connectivity index (χ4n) is 2.48. The van der Waals surface area contributed by atoms with Crippen molar-refractivity contribution in [2.45, 2.75) is 0 Å². The second-order valence-electron chi connectivity index (χ2n) is 5.42. The fourth-order valence-corrected chi connectivity index (χ4v) is 3.40. The third-order valence-electron chi connectivity index (χ3n) is 3.76. The number of methoxy groups -OCH3 is 1. The Morgan fingerprint density at radius 2 is 1.85 bits per heavy atom. The Morgan fingerprint density at radius 3 is 2.52 bits per heavy atom. The second-order valence-corrected chi connectivity index (χ2v) is 7.00. The lowest BCUT2D eigenvalue weighted by atomic mass is 10.1. The highest BCUT2D eigenvalue weighted by atomic mass is 35.5. The van der Waals surface area contributed by atoms with Crippen LogP contribution in [0.3, 0.4) is 0 Å². The van der Waals surface area contributed by atoms with E-state index in [2.05, 4.69) is 5.32 Å². The summed E-state index contributed by atoms with van der Waals surface area (Å²) in [5.74, 6) is -0.766. The van der Waals surface area contributed by atoms with Gasteiger partial charge >= 0.3 is 0 Å². The van der Waals surface area contributed by atoms with Gasteiger partial charge in [-0.25, -0.2) is 0 Å². The van der Waals surface area contributed by atoms with Crippen LogP contribution in [0, 0.1) is 0 Å². The Hall–Kier alpha value is -2.12. The Labute approximate surface area is 175 Å². The van der Waals surface area contributed by atoms with Gasteiger partial charge in [0, 0.05) is 0 Å². The molecule has 0 bridgehead atoms. The average Bonchev–Trinajstić information content (AvgIpc) is 2.62. The normalized spacial score (nSPS) is 15.9. The molecule has 0 radical (unpaired) electrons. The molecule has 1 heterocycles. The maximum atomic E-state index is 13.0. The van der Waals surface area contributed by atoms with Crippen LogP contribution in [-0.4, -0.2) is 24.0 Å². The summed E-state index contributed by atoms with van der Waals surface area (Å²) in [7, 11) is 1.49. The monoisotopic (exact) mass is 440 g/mol. The average molecular weight is 442 g/mol. The van der Waals surface area contributed by atoms with Crippen LogP contribution in [-0.2, 0) is 9.59 Å². The molecule has 2 aromatic rings. The fraction of sp³-hybridized carbons (Fsp3) is 0.0556. The van der Waals surface area contributed by atoms with Crippen molar-refractivity contribution in [2.24, 2.45) is 0 Å². The molecular formula is C18H11Cl3N2O3S. The summed E-state index contributed by atoms with van der Waals surface area (Å²) in [6.07, 6.45) is 1.41. The molecule has 138 valence electrons. The van der Waals surface area contributed by atoms with Crippen molar-refractivity contribution < 1.29 is 14.3 Å². The van der Waals surface area contributed by atoms with Crippen molar-refractivity contribution in [3.05, 3.63) is 62.6 Å². The summed E-state index contributed by atoms with van der Waals surface area (Å²) in [6.45, 7) is 0. The van der Waals surface area contributed by atoms with Gasteiger partial charge in [-0.05, 0) is 48.1 Å². The van der Waals surface area contributed by atoms with Crippen molar-refractivity contribution in [3.63, 3.8) is 0 Å². The number of carbonyl (C=O) groups excluding carboxylic acids is 2. The number of thiocarbonyl (C=S) groups is 1. The maximum Gasteiger partial charge on any atom is 0.270 e. The van der Waals surface area contributed by atoms with Gasteiger partial charge in [0.25, 0.3) is 11.8 Å². The number of nitrogens with zero attached hydrogens (tertiary/aromatic N) is 1. The largest absolute Gasteiger partial charge is 0.495 e. The van der Waals surface area contributed by atoms with Crippen LogP contribution >= 0.6 is 47.0 Å². The number of nitrogens with one attached hydrogen (secondary N) is 1. The number of carbonyl (C=O) groups is 2. The lowest BCUT2D eigenvalue weighted by Crippen LogP contribution is -2.54. The summed E-state index contributed by atoms with van der Waals surface area (Å²) in [5.41, 5.74) is 0.697. The van der Waals surface area contributed by atoms with Crippen LogP contribution in [0.15, 0.2) is 42.0 Å². The molecule has 1 saturated heterocycles. The van der Waals surface area contributed by atoms with Crippen LogP contribution in [0.25, 0.3) is 6.08 Å². The molecule has 2 aromatic carbocycles. The van der Waals surface area contributed by atoms with Crippen molar-refractivity contribution in [2.75, 3.05) is 12.0 Å². The molecule has 0 spiro atoms. The molecule has 0 unspecified atom stereocenters. The van der Waals surface area contributed by atoms with E-state index in [4.69, 9.17) is 51.8 Å². The van der Waals surface area contributed by atoms with Crippen LogP contribution in [0.5, 0.6) is 5.75 Å². The first-order chi connectivity index (χ1) is 12.8. The summed E-state index contributed by atoms with van der Waals surface area (Å²) in [6, 6.07) is 9.68. The minimum absolute atomic E-state index is 0.0842. The van der Waals surface area contributed by atoms with Crippen LogP contribution in [0.4, 0.5) is 5.69 Å². The van der Waals surface area contributed by atoms with E-state index in [0.717, 1.165) is 4.90 Å². The van der Waals surface area contributed by atoms with Gasteiger partial charge in [-0.3, -0.25) is 19.8 Å². The Balaban J connectivity index is 2.05. The molecule has 9 heteroatoms. The molecule has 2 amide bonds. The SMILES string of the molecule is COc1ccc(/C=C2/C(=O)NC(=S)N(c3cccc(Cl)c3Cl)C2=O)cc1Cl. The van der Waals surface area contributed by atoms with Gasteiger partial charge in [0.05, 0.1) is 27.9 Å². The van der Waals surface area contributed by atoms with E-state index in [1.807, 2.05) is 0 Å². The van der Waals surface area contributed by atoms with Crippen LogP contribution < -0.4 is 15.0 Å². The van der Waals surface area contributed by atoms with Crippen LogP contribution in [0.2, 0.25) is 15.1 Å². The van der Waals surface area contributed by atoms with Gasteiger partial charge < -0.3 is 4.74 Å². The van der Waals surface area contributed by atoms with Gasteiger partial charge in [0.15, 0.2) is 5.11 Å². The van der Waals surface area contributed by atoms with E-state index >= 15 is 0 Å². The second kappa shape index (κ2) is 7.86. The zero-order chi connectivity index (χ0) is 19.7. The van der Waals surface area contributed by atoms with E-state index in [1.54, 1.807) is 36.4 Å². The van der Waals surface area contributed by atoms with Gasteiger partial charge in [-0.2, -0.15) is 0 Å². The number of benzene rings is 2. The third kappa shape index (κ3) is 3.80. The number of ether oxygens (including phenoxy) is 1. The lowest BCUT2D eigenvalue weighted by Gasteiger charge is -2.29. The van der Waals surface area contributed by atoms with Crippen molar-refractivity contribution in [1.29, 1.82) is 0 Å². The quantitative estimate of drug-likeness (QED) is 0.433. The molecule has 0 atom stereocenters. The predicted octanol–water partition coefficient (Wildman–Crippen LogP) is 4.49. The highest BCUT2D eigenvalue weighted by Gasteiger charge is 2.35. The van der Waals surface area contributed by atoms with E-state index < -0.39 is 11.8 Å². The minimum Gasteiger partial charge on any atom is -0.495 e. The van der Waals surface area contributed by atoms with Crippen LogP contribution in [0.1, 0.15) is 5.56 Å². The van der Waals surface area contributed by atoms with E-state index in [0.29, 0.717) is 16.3 Å². The summed E-state index contributed by atoms with van der Waals surface area (Å²) < 4.78 is 5.09. The summed E-state index contributed by atoms with van der Waals surface area (Å²) >= 11 is 23.5. The Bertz CT molecular complexity index is 1010. The molecule has 5 nitrogen and oxygen atoms in total. The molecule has 1 aliphatic heterocycles. The Kier molecular flexibility index (Phi) is 5.72. The van der Waals surface area contributed by atoms with Gasteiger partial charge in [0.1, 0.15) is 11.3 Å². The van der Waals surface area contributed by atoms with E-state index in [1.165, 1.54) is 13.2 Å². The molecule has 1 fully saturated rings. The van der Waals surface area contributed by atoms with Gasteiger partial charge in [-0.15, -0.1) is 0 Å². The molecule has 1 N–H and O–H groups in total. The van der Waals surface area contributed by atoms with Crippen molar-refractivity contribution in [3.8, 4) is 5.75 Å². The predicted molar refractivity (Wildman–Crippen MR) is 111 cm³/mol. The zero-order valence-corrected chi connectivity index (χ0v) is 16.8. The Morgan fingerprint density at radius 1 is 1.11 bits per heavy atom. The maximum absolute atomic E-state index is 13.0. The molecular weight excluding hydrogens is 431 g/mol. The number of anilines is 1. The topological polar surface area (TPSA) is 58.6 Å². The molecule has 0 saturated carbocycles. The van der Waals surface area contributed by atoms with Crippen molar-refractivity contribution in [1.82, 2.24) is 5.32 Å². The number of hydrogen-bond donors (Lipinski definition) is 1. The smallest absolute Gasteiger partial charge is 0.270 e.